The summed E-state index contributed by atoms with van der Waals surface area (Å²) >= 11 is 11.9. The van der Waals surface area contributed by atoms with E-state index in [0.717, 1.165) is 5.56 Å². The van der Waals surface area contributed by atoms with Gasteiger partial charge in [0, 0.05) is 22.7 Å². The molecule has 25 heavy (non-hydrogen) atoms. The molecule has 5 nitrogen and oxygen atoms in total. The summed E-state index contributed by atoms with van der Waals surface area (Å²) in [5.74, 6) is 0.522. The second kappa shape index (κ2) is 9.16. The highest BCUT2D eigenvalue weighted by atomic mass is 35.5. The van der Waals surface area contributed by atoms with E-state index in [0.29, 0.717) is 33.7 Å². The summed E-state index contributed by atoms with van der Waals surface area (Å²) in [7, 11) is 0. The molecule has 0 aliphatic heterocycles. The molecular weight excluding hydrogens is 363 g/mol. The molecule has 0 bridgehead atoms. The van der Waals surface area contributed by atoms with Crippen LogP contribution >= 0.6 is 23.2 Å². The Labute approximate surface area is 156 Å². The summed E-state index contributed by atoms with van der Waals surface area (Å²) in [6.45, 7) is 2.33. The van der Waals surface area contributed by atoms with Gasteiger partial charge in [0.2, 0.25) is 0 Å². The van der Waals surface area contributed by atoms with Crippen molar-refractivity contribution in [3.63, 3.8) is 0 Å². The van der Waals surface area contributed by atoms with E-state index >= 15 is 0 Å². The monoisotopic (exact) mass is 378 g/mol. The fourth-order valence-electron chi connectivity index (χ4n) is 2.02. The summed E-state index contributed by atoms with van der Waals surface area (Å²) in [6.07, 6.45) is 0. The van der Waals surface area contributed by atoms with Crippen molar-refractivity contribution in [3.8, 4) is 17.6 Å². The molecule has 0 unspecified atom stereocenters. The number of benzene rings is 2. The number of hydrogen-bond acceptors (Lipinski definition) is 4. The molecule has 0 saturated heterocycles. The number of carbonyl (C=O) groups excluding carboxylic acids is 1. The first-order valence-electron chi connectivity index (χ1n) is 7.54. The highest BCUT2D eigenvalue weighted by molar-refractivity contribution is 6.35. The van der Waals surface area contributed by atoms with Crippen LogP contribution in [0.3, 0.4) is 0 Å². The Hall–Kier alpha value is -2.42. The predicted octanol–water partition coefficient (Wildman–Crippen LogP) is 3.96. The van der Waals surface area contributed by atoms with Gasteiger partial charge in [0.05, 0.1) is 18.2 Å². The minimum Gasteiger partial charge on any atom is -0.490 e. The number of ether oxygens (including phenoxy) is 2. The van der Waals surface area contributed by atoms with E-state index < -0.39 is 0 Å². The maximum absolute atomic E-state index is 12.0. The van der Waals surface area contributed by atoms with Crippen molar-refractivity contribution >= 4 is 29.1 Å². The van der Waals surface area contributed by atoms with Crippen molar-refractivity contribution in [1.29, 1.82) is 5.26 Å². The standard InChI is InChI=1S/C18H16Cl2N2O3/c1-2-24-17-7-12(9-21)3-6-16(17)25-11-18(23)22-10-13-4-5-14(19)8-15(13)20/h3-8H,2,10-11H2,1H3,(H,22,23). The summed E-state index contributed by atoms with van der Waals surface area (Å²) in [6, 6.07) is 11.9. The molecule has 2 rings (SSSR count). The zero-order chi connectivity index (χ0) is 18.2. The smallest absolute Gasteiger partial charge is 0.258 e. The minimum atomic E-state index is -0.308. The van der Waals surface area contributed by atoms with E-state index in [4.69, 9.17) is 37.9 Å². The van der Waals surface area contributed by atoms with Gasteiger partial charge >= 0.3 is 0 Å². The van der Waals surface area contributed by atoms with E-state index in [1.807, 2.05) is 13.0 Å². The van der Waals surface area contributed by atoms with Gasteiger partial charge < -0.3 is 14.8 Å². The molecule has 0 radical (unpaired) electrons. The summed E-state index contributed by atoms with van der Waals surface area (Å²) in [5.41, 5.74) is 1.21. The van der Waals surface area contributed by atoms with Crippen molar-refractivity contribution < 1.29 is 14.3 Å². The third-order valence-corrected chi connectivity index (χ3v) is 3.81. The zero-order valence-electron chi connectivity index (χ0n) is 13.5. The number of halogens is 2. The van der Waals surface area contributed by atoms with Crippen LogP contribution in [-0.4, -0.2) is 19.1 Å². The van der Waals surface area contributed by atoms with Gasteiger partial charge in [-0.3, -0.25) is 4.79 Å². The molecular formula is C18H16Cl2N2O3. The third-order valence-electron chi connectivity index (χ3n) is 3.22. The number of nitrogens with zero attached hydrogens (tertiary/aromatic N) is 1. The average Bonchev–Trinajstić information content (AvgIpc) is 2.60. The molecule has 0 fully saturated rings. The summed E-state index contributed by atoms with van der Waals surface area (Å²) in [5, 5.41) is 12.7. The molecule has 2 aromatic rings. The van der Waals surface area contributed by atoms with Gasteiger partial charge in [-0.25, -0.2) is 0 Å². The van der Waals surface area contributed by atoms with Crippen LogP contribution in [-0.2, 0) is 11.3 Å². The van der Waals surface area contributed by atoms with Crippen LogP contribution < -0.4 is 14.8 Å². The number of hydrogen-bond donors (Lipinski definition) is 1. The van der Waals surface area contributed by atoms with Crippen LogP contribution in [0, 0.1) is 11.3 Å². The number of rotatable bonds is 7. The SMILES string of the molecule is CCOc1cc(C#N)ccc1OCC(=O)NCc1ccc(Cl)cc1Cl. The lowest BCUT2D eigenvalue weighted by Gasteiger charge is -2.12. The second-order valence-electron chi connectivity index (χ2n) is 5.01. The fraction of sp³-hybridized carbons (Fsp3) is 0.222. The van der Waals surface area contributed by atoms with E-state index in [9.17, 15) is 4.79 Å². The third kappa shape index (κ3) is 5.56. The van der Waals surface area contributed by atoms with E-state index in [-0.39, 0.29) is 19.1 Å². The van der Waals surface area contributed by atoms with Crippen molar-refractivity contribution in [2.75, 3.05) is 13.2 Å². The van der Waals surface area contributed by atoms with E-state index in [1.165, 1.54) is 0 Å². The first kappa shape index (κ1) is 18.9. The number of carbonyl (C=O) groups is 1. The summed E-state index contributed by atoms with van der Waals surface area (Å²) < 4.78 is 10.9. The molecule has 0 aliphatic carbocycles. The minimum absolute atomic E-state index is 0.183. The topological polar surface area (TPSA) is 71.3 Å². The molecule has 0 saturated carbocycles. The summed E-state index contributed by atoms with van der Waals surface area (Å²) in [4.78, 5) is 12.0. The number of nitriles is 1. The van der Waals surface area contributed by atoms with Crippen LogP contribution in [0.25, 0.3) is 0 Å². The molecule has 0 atom stereocenters. The van der Waals surface area contributed by atoms with Crippen molar-refractivity contribution in [2.24, 2.45) is 0 Å². The highest BCUT2D eigenvalue weighted by Gasteiger charge is 2.10. The van der Waals surface area contributed by atoms with Crippen LogP contribution in [0.2, 0.25) is 10.0 Å². The van der Waals surface area contributed by atoms with Crippen LogP contribution in [0.15, 0.2) is 36.4 Å². The van der Waals surface area contributed by atoms with Gasteiger partial charge in [-0.2, -0.15) is 5.26 Å². The highest BCUT2D eigenvalue weighted by Crippen LogP contribution is 2.28. The molecule has 0 aliphatic rings. The first-order chi connectivity index (χ1) is 12.0. The Morgan fingerprint density at radius 2 is 1.96 bits per heavy atom. The fourth-order valence-corrected chi connectivity index (χ4v) is 2.49. The first-order valence-corrected chi connectivity index (χ1v) is 8.29. The van der Waals surface area contributed by atoms with Gasteiger partial charge in [-0.05, 0) is 36.8 Å². The van der Waals surface area contributed by atoms with Gasteiger partial charge in [0.25, 0.3) is 5.91 Å². The van der Waals surface area contributed by atoms with Crippen molar-refractivity contribution in [2.45, 2.75) is 13.5 Å². The number of nitrogens with one attached hydrogen (secondary N) is 1. The van der Waals surface area contributed by atoms with Gasteiger partial charge in [0.15, 0.2) is 18.1 Å². The molecule has 0 spiro atoms. The maximum Gasteiger partial charge on any atom is 0.258 e. The molecule has 130 valence electrons. The second-order valence-corrected chi connectivity index (χ2v) is 5.85. The lowest BCUT2D eigenvalue weighted by molar-refractivity contribution is -0.123. The van der Waals surface area contributed by atoms with Gasteiger partial charge in [-0.15, -0.1) is 0 Å². The Morgan fingerprint density at radius 1 is 1.16 bits per heavy atom. The predicted molar refractivity (Wildman–Crippen MR) is 96.1 cm³/mol. The van der Waals surface area contributed by atoms with E-state index in [2.05, 4.69) is 5.32 Å². The van der Waals surface area contributed by atoms with Crippen LogP contribution in [0.5, 0.6) is 11.5 Å². The molecule has 7 heteroatoms. The van der Waals surface area contributed by atoms with Crippen molar-refractivity contribution in [3.05, 3.63) is 57.6 Å². The molecule has 2 aromatic carbocycles. The average molecular weight is 379 g/mol. The molecule has 0 aromatic heterocycles. The van der Waals surface area contributed by atoms with Gasteiger partial charge in [0.1, 0.15) is 0 Å². The van der Waals surface area contributed by atoms with E-state index in [1.54, 1.807) is 36.4 Å². The Morgan fingerprint density at radius 3 is 2.64 bits per heavy atom. The molecule has 1 amide bonds. The quantitative estimate of drug-likeness (QED) is 0.791. The lowest BCUT2D eigenvalue weighted by Crippen LogP contribution is -2.28. The lowest BCUT2D eigenvalue weighted by atomic mass is 10.2. The Bertz CT molecular complexity index is 803. The Kier molecular flexibility index (Phi) is 6.93. The number of amides is 1. The Balaban J connectivity index is 1.92. The largest absolute Gasteiger partial charge is 0.490 e. The van der Waals surface area contributed by atoms with Crippen molar-refractivity contribution in [1.82, 2.24) is 5.32 Å². The zero-order valence-corrected chi connectivity index (χ0v) is 15.0. The molecule has 0 heterocycles. The van der Waals surface area contributed by atoms with Crippen LogP contribution in [0.4, 0.5) is 0 Å². The molecule has 1 N–H and O–H groups in total. The maximum atomic E-state index is 12.0. The van der Waals surface area contributed by atoms with Crippen LogP contribution in [0.1, 0.15) is 18.1 Å². The van der Waals surface area contributed by atoms with Gasteiger partial charge in [-0.1, -0.05) is 29.3 Å². The normalized spacial score (nSPS) is 10.0.